The lowest BCUT2D eigenvalue weighted by molar-refractivity contribution is 0.0527. The molecule has 1 unspecified atom stereocenters. The molecule has 6 nitrogen and oxygen atoms in total. The van der Waals surface area contributed by atoms with Gasteiger partial charge in [0.05, 0.1) is 17.7 Å². The lowest BCUT2D eigenvalue weighted by atomic mass is 10.1. The number of aliphatic hydroxyl groups is 1. The van der Waals surface area contributed by atoms with Gasteiger partial charge >= 0.3 is 5.97 Å². The molecular weight excluding hydrogens is 404 g/mol. The fraction of sp³-hybridized carbons (Fsp3) is 0.423. The second kappa shape index (κ2) is 9.76. The standard InChI is InChI=1S/C26H34N2O4/c1-7-31-25(30)24-18(3)28(22-11-9-8-10-17(22)2)23-13-12-20(14-21(23)24)32-16-19(29)15-27-26(4,5)6/h8-14,19,27,29H,7,15-16H2,1-6H3. The molecule has 0 spiro atoms. The van der Waals surface area contributed by atoms with Gasteiger partial charge in [-0.15, -0.1) is 0 Å². The normalized spacial score (nSPS) is 12.7. The van der Waals surface area contributed by atoms with Crippen LogP contribution in [0.3, 0.4) is 0 Å². The summed E-state index contributed by atoms with van der Waals surface area (Å²) in [7, 11) is 0. The van der Waals surface area contributed by atoms with Gasteiger partial charge in [-0.25, -0.2) is 4.79 Å². The van der Waals surface area contributed by atoms with E-state index in [2.05, 4.69) is 22.9 Å². The molecule has 0 aliphatic carbocycles. The van der Waals surface area contributed by atoms with Crippen LogP contribution in [0.4, 0.5) is 0 Å². The first-order chi connectivity index (χ1) is 15.1. The number of β-amino-alcohol motifs (C(OH)–C–C–N with tert-alkyl or cyclic N) is 1. The summed E-state index contributed by atoms with van der Waals surface area (Å²) in [5.74, 6) is 0.244. The Kier molecular flexibility index (Phi) is 7.26. The minimum absolute atomic E-state index is 0.0789. The molecule has 1 heterocycles. The number of ether oxygens (including phenoxy) is 2. The van der Waals surface area contributed by atoms with Gasteiger partial charge < -0.3 is 24.5 Å². The van der Waals surface area contributed by atoms with E-state index in [1.54, 1.807) is 6.92 Å². The molecule has 0 aliphatic heterocycles. The number of hydrogen-bond donors (Lipinski definition) is 2. The van der Waals surface area contributed by atoms with Crippen LogP contribution in [0.2, 0.25) is 0 Å². The molecule has 0 radical (unpaired) electrons. The maximum atomic E-state index is 12.8. The summed E-state index contributed by atoms with van der Waals surface area (Å²) in [6.45, 7) is 12.8. The molecule has 32 heavy (non-hydrogen) atoms. The first kappa shape index (κ1) is 23.8. The van der Waals surface area contributed by atoms with Crippen molar-refractivity contribution in [3.05, 3.63) is 59.3 Å². The molecule has 1 aromatic heterocycles. The number of benzene rings is 2. The first-order valence-electron chi connectivity index (χ1n) is 11.1. The zero-order chi connectivity index (χ0) is 23.5. The van der Waals surface area contributed by atoms with Crippen molar-refractivity contribution >= 4 is 16.9 Å². The number of carbonyl (C=O) groups is 1. The van der Waals surface area contributed by atoms with Gasteiger partial charge in [-0.1, -0.05) is 18.2 Å². The van der Waals surface area contributed by atoms with Gasteiger partial charge in [0, 0.05) is 28.9 Å². The summed E-state index contributed by atoms with van der Waals surface area (Å²) in [5, 5.41) is 14.3. The lowest BCUT2D eigenvalue weighted by Crippen LogP contribution is -2.42. The lowest BCUT2D eigenvalue weighted by Gasteiger charge is -2.23. The minimum atomic E-state index is -0.646. The predicted octanol–water partition coefficient (Wildman–Crippen LogP) is 4.55. The highest BCUT2D eigenvalue weighted by molar-refractivity contribution is 6.07. The Balaban J connectivity index is 1.97. The summed E-state index contributed by atoms with van der Waals surface area (Å²) in [6.07, 6.45) is -0.646. The zero-order valence-corrected chi connectivity index (χ0v) is 19.9. The van der Waals surface area contributed by atoms with Crippen molar-refractivity contribution in [2.75, 3.05) is 19.8 Å². The van der Waals surface area contributed by atoms with Crippen LogP contribution in [0.1, 0.15) is 49.3 Å². The number of rotatable bonds is 8. The molecule has 0 saturated heterocycles. The number of carbonyl (C=O) groups excluding carboxylic acids is 1. The van der Waals surface area contributed by atoms with Gasteiger partial charge in [0.15, 0.2) is 0 Å². The van der Waals surface area contributed by atoms with E-state index in [1.165, 1.54) is 0 Å². The molecule has 2 N–H and O–H groups in total. The Bertz CT molecular complexity index is 1100. The number of fused-ring (bicyclic) bond motifs is 1. The third-order valence-corrected chi connectivity index (χ3v) is 5.32. The van der Waals surface area contributed by atoms with Crippen LogP contribution in [0.25, 0.3) is 16.6 Å². The molecule has 6 heteroatoms. The van der Waals surface area contributed by atoms with Crippen LogP contribution in [-0.4, -0.2) is 47.0 Å². The smallest absolute Gasteiger partial charge is 0.340 e. The summed E-state index contributed by atoms with van der Waals surface area (Å²) < 4.78 is 13.3. The number of para-hydroxylation sites is 1. The highest BCUT2D eigenvalue weighted by atomic mass is 16.5. The SMILES string of the molecule is CCOC(=O)c1c(C)n(-c2ccccc2C)c2ccc(OCC(O)CNC(C)(C)C)cc12. The maximum absolute atomic E-state index is 12.8. The molecular formula is C26H34N2O4. The summed E-state index contributed by atoms with van der Waals surface area (Å²) >= 11 is 0. The summed E-state index contributed by atoms with van der Waals surface area (Å²) in [5.41, 5.74) is 4.30. The van der Waals surface area contributed by atoms with Crippen LogP contribution in [-0.2, 0) is 4.74 Å². The Morgan fingerprint density at radius 2 is 1.88 bits per heavy atom. The fourth-order valence-electron chi connectivity index (χ4n) is 3.75. The topological polar surface area (TPSA) is 72.7 Å². The summed E-state index contributed by atoms with van der Waals surface area (Å²) in [4.78, 5) is 12.8. The second-order valence-corrected chi connectivity index (χ2v) is 9.08. The monoisotopic (exact) mass is 438 g/mol. The number of esters is 1. The number of nitrogens with one attached hydrogen (secondary N) is 1. The largest absolute Gasteiger partial charge is 0.491 e. The van der Waals surface area contributed by atoms with Crippen LogP contribution >= 0.6 is 0 Å². The number of aromatic nitrogens is 1. The van der Waals surface area contributed by atoms with E-state index in [0.717, 1.165) is 27.8 Å². The molecule has 0 amide bonds. The van der Waals surface area contributed by atoms with Crippen molar-refractivity contribution in [2.45, 2.75) is 53.2 Å². The fourth-order valence-corrected chi connectivity index (χ4v) is 3.75. The zero-order valence-electron chi connectivity index (χ0n) is 19.9. The van der Waals surface area contributed by atoms with Crippen molar-refractivity contribution in [2.24, 2.45) is 0 Å². The number of hydrogen-bond acceptors (Lipinski definition) is 5. The van der Waals surface area contributed by atoms with Crippen molar-refractivity contribution in [1.82, 2.24) is 9.88 Å². The quantitative estimate of drug-likeness (QED) is 0.505. The van der Waals surface area contributed by atoms with Crippen LogP contribution < -0.4 is 10.1 Å². The molecule has 0 aliphatic rings. The highest BCUT2D eigenvalue weighted by Gasteiger charge is 2.23. The highest BCUT2D eigenvalue weighted by Crippen LogP contribution is 2.33. The van der Waals surface area contributed by atoms with E-state index >= 15 is 0 Å². The molecule has 172 valence electrons. The Morgan fingerprint density at radius 1 is 1.16 bits per heavy atom. The average molecular weight is 439 g/mol. The Hall–Kier alpha value is -2.83. The van der Waals surface area contributed by atoms with E-state index in [9.17, 15) is 9.90 Å². The maximum Gasteiger partial charge on any atom is 0.340 e. The van der Waals surface area contributed by atoms with E-state index in [4.69, 9.17) is 9.47 Å². The second-order valence-electron chi connectivity index (χ2n) is 9.08. The van der Waals surface area contributed by atoms with E-state index in [0.29, 0.717) is 24.5 Å². The van der Waals surface area contributed by atoms with Crippen molar-refractivity contribution < 1.29 is 19.4 Å². The predicted molar refractivity (Wildman–Crippen MR) is 128 cm³/mol. The van der Waals surface area contributed by atoms with Gasteiger partial charge in [-0.05, 0) is 71.4 Å². The van der Waals surface area contributed by atoms with E-state index in [-0.39, 0.29) is 18.1 Å². The molecule has 0 saturated carbocycles. The number of aryl methyl sites for hydroxylation is 1. The molecule has 3 rings (SSSR count). The van der Waals surface area contributed by atoms with E-state index < -0.39 is 6.10 Å². The van der Waals surface area contributed by atoms with Gasteiger partial charge in [-0.2, -0.15) is 0 Å². The number of aliphatic hydroxyl groups excluding tert-OH is 1. The van der Waals surface area contributed by atoms with Crippen molar-refractivity contribution in [3.8, 4) is 11.4 Å². The molecule has 1 atom stereocenters. The van der Waals surface area contributed by atoms with Gasteiger partial charge in [0.1, 0.15) is 18.5 Å². The van der Waals surface area contributed by atoms with Crippen molar-refractivity contribution in [1.29, 1.82) is 0 Å². The van der Waals surface area contributed by atoms with Crippen LogP contribution in [0, 0.1) is 13.8 Å². The molecule has 3 aromatic rings. The van der Waals surface area contributed by atoms with Gasteiger partial charge in [-0.3, -0.25) is 0 Å². The molecule has 0 bridgehead atoms. The Labute approximate surface area is 190 Å². The van der Waals surface area contributed by atoms with Gasteiger partial charge in [0.2, 0.25) is 0 Å². The van der Waals surface area contributed by atoms with Crippen molar-refractivity contribution in [3.63, 3.8) is 0 Å². The third kappa shape index (κ3) is 5.31. The van der Waals surface area contributed by atoms with Crippen LogP contribution in [0.15, 0.2) is 42.5 Å². The number of nitrogens with zero attached hydrogens (tertiary/aromatic N) is 1. The molecule has 2 aromatic carbocycles. The van der Waals surface area contributed by atoms with Crippen LogP contribution in [0.5, 0.6) is 5.75 Å². The minimum Gasteiger partial charge on any atom is -0.491 e. The Morgan fingerprint density at radius 3 is 2.53 bits per heavy atom. The summed E-state index contributed by atoms with van der Waals surface area (Å²) in [6, 6.07) is 13.8. The molecule has 0 fully saturated rings. The third-order valence-electron chi connectivity index (χ3n) is 5.32. The van der Waals surface area contributed by atoms with E-state index in [1.807, 2.05) is 64.1 Å². The first-order valence-corrected chi connectivity index (χ1v) is 11.1. The average Bonchev–Trinajstić information content (AvgIpc) is 3.02. The van der Waals surface area contributed by atoms with Gasteiger partial charge in [0.25, 0.3) is 0 Å².